The summed E-state index contributed by atoms with van der Waals surface area (Å²) in [6.45, 7) is 11.8. The number of morpholine rings is 1. The molecule has 43 heavy (non-hydrogen) atoms. The van der Waals surface area contributed by atoms with E-state index in [1.54, 1.807) is 6.20 Å². The number of imidazole rings is 1. The predicted molar refractivity (Wildman–Crippen MR) is 174 cm³/mol. The minimum absolute atomic E-state index is 0.0303. The molecular weight excluding hydrogens is 536 g/mol. The standard InChI is InChI=1S/C35H38N6O2/c1-24-29(7-6-8-30(24)38-34(42)25-9-11-26(12-10-25)35(2,3)4)31-23-41-18-17-36-32(41)33(37-31)39(5)27-13-15-28(16-14-27)40-19-21-43-22-20-40/h6-18,23H,19-22H2,1-5H3,(H,38,42). The topological polar surface area (TPSA) is 75.0 Å². The van der Waals surface area contributed by atoms with E-state index in [1.807, 2.05) is 73.2 Å². The van der Waals surface area contributed by atoms with Crippen molar-refractivity contribution in [3.63, 3.8) is 0 Å². The lowest BCUT2D eigenvalue weighted by atomic mass is 9.86. The Labute approximate surface area is 253 Å². The smallest absolute Gasteiger partial charge is 0.255 e. The van der Waals surface area contributed by atoms with E-state index >= 15 is 0 Å². The summed E-state index contributed by atoms with van der Waals surface area (Å²) in [6, 6.07) is 22.3. The number of carbonyl (C=O) groups is 1. The van der Waals surface area contributed by atoms with Crippen LogP contribution in [0.5, 0.6) is 0 Å². The summed E-state index contributed by atoms with van der Waals surface area (Å²) < 4.78 is 7.50. The van der Waals surface area contributed by atoms with Crippen LogP contribution in [0.1, 0.15) is 42.3 Å². The number of nitrogens with one attached hydrogen (secondary N) is 1. The summed E-state index contributed by atoms with van der Waals surface area (Å²) in [5.41, 5.74) is 8.24. The molecule has 0 aliphatic carbocycles. The van der Waals surface area contributed by atoms with Gasteiger partial charge in [-0.15, -0.1) is 0 Å². The van der Waals surface area contributed by atoms with Gasteiger partial charge in [-0.2, -0.15) is 0 Å². The Kier molecular flexibility index (Phi) is 7.62. The molecule has 6 rings (SSSR count). The van der Waals surface area contributed by atoms with E-state index in [-0.39, 0.29) is 11.3 Å². The number of benzene rings is 3. The average molecular weight is 575 g/mol. The molecule has 2 aromatic heterocycles. The highest BCUT2D eigenvalue weighted by molar-refractivity contribution is 6.05. The van der Waals surface area contributed by atoms with Crippen LogP contribution in [0.25, 0.3) is 16.9 Å². The highest BCUT2D eigenvalue weighted by Crippen LogP contribution is 2.33. The zero-order valence-electron chi connectivity index (χ0n) is 25.5. The third-order valence-electron chi connectivity index (χ3n) is 8.16. The van der Waals surface area contributed by atoms with Gasteiger partial charge < -0.3 is 24.3 Å². The molecule has 0 saturated carbocycles. The molecule has 8 heteroatoms. The van der Waals surface area contributed by atoms with Crippen LogP contribution < -0.4 is 15.1 Å². The quantitative estimate of drug-likeness (QED) is 0.239. The lowest BCUT2D eigenvalue weighted by Crippen LogP contribution is -2.36. The second-order valence-corrected chi connectivity index (χ2v) is 12.0. The first-order valence-corrected chi connectivity index (χ1v) is 14.7. The molecule has 8 nitrogen and oxygen atoms in total. The SMILES string of the molecule is Cc1c(NC(=O)c2ccc(C(C)(C)C)cc2)cccc1-c1cn2ccnc2c(N(C)c2ccc(N3CCOCC3)cc2)n1. The van der Waals surface area contributed by atoms with Crippen molar-refractivity contribution in [3.05, 3.63) is 102 Å². The van der Waals surface area contributed by atoms with Gasteiger partial charge in [0.15, 0.2) is 11.5 Å². The molecule has 5 aromatic rings. The molecular formula is C35H38N6O2. The van der Waals surface area contributed by atoms with Crippen LogP contribution in [0.4, 0.5) is 22.9 Å². The number of hydrogen-bond donors (Lipinski definition) is 1. The normalized spacial score (nSPS) is 13.7. The maximum absolute atomic E-state index is 13.2. The fraction of sp³-hybridized carbons (Fsp3) is 0.286. The van der Waals surface area contributed by atoms with Crippen molar-refractivity contribution in [1.29, 1.82) is 0 Å². The Morgan fingerprint density at radius 2 is 1.70 bits per heavy atom. The van der Waals surface area contributed by atoms with Gasteiger partial charge >= 0.3 is 0 Å². The van der Waals surface area contributed by atoms with E-state index in [2.05, 4.69) is 65.1 Å². The lowest BCUT2D eigenvalue weighted by Gasteiger charge is -2.29. The first-order chi connectivity index (χ1) is 20.7. The van der Waals surface area contributed by atoms with Crippen LogP contribution in [0.3, 0.4) is 0 Å². The highest BCUT2D eigenvalue weighted by atomic mass is 16.5. The number of nitrogens with zero attached hydrogens (tertiary/aromatic N) is 5. The van der Waals surface area contributed by atoms with E-state index in [0.29, 0.717) is 5.56 Å². The van der Waals surface area contributed by atoms with Gasteiger partial charge in [-0.25, -0.2) is 9.97 Å². The van der Waals surface area contributed by atoms with Gasteiger partial charge in [-0.05, 0) is 65.9 Å². The second-order valence-electron chi connectivity index (χ2n) is 12.0. The summed E-state index contributed by atoms with van der Waals surface area (Å²) in [5.74, 6) is 0.606. The van der Waals surface area contributed by atoms with Crippen LogP contribution in [0.2, 0.25) is 0 Å². The van der Waals surface area contributed by atoms with Gasteiger partial charge in [0.2, 0.25) is 0 Å². The van der Waals surface area contributed by atoms with Crippen LogP contribution >= 0.6 is 0 Å². The molecule has 220 valence electrons. The molecule has 1 saturated heterocycles. The maximum atomic E-state index is 13.2. The molecule has 0 unspecified atom stereocenters. The van der Waals surface area contributed by atoms with Crippen LogP contribution in [0, 0.1) is 6.92 Å². The number of fused-ring (bicyclic) bond motifs is 1. The molecule has 3 aromatic carbocycles. The van der Waals surface area contributed by atoms with Crippen molar-refractivity contribution in [2.75, 3.05) is 48.5 Å². The molecule has 0 atom stereocenters. The summed E-state index contributed by atoms with van der Waals surface area (Å²) in [4.78, 5) is 27.3. The van der Waals surface area contributed by atoms with Crippen molar-refractivity contribution in [1.82, 2.24) is 14.4 Å². The predicted octanol–water partition coefficient (Wildman–Crippen LogP) is 6.86. The number of hydrogen-bond acceptors (Lipinski definition) is 6. The number of aromatic nitrogens is 3. The fourth-order valence-corrected chi connectivity index (χ4v) is 5.47. The third kappa shape index (κ3) is 5.83. The van der Waals surface area contributed by atoms with Crippen molar-refractivity contribution < 1.29 is 9.53 Å². The van der Waals surface area contributed by atoms with E-state index in [9.17, 15) is 4.79 Å². The van der Waals surface area contributed by atoms with E-state index in [1.165, 1.54) is 11.3 Å². The number of rotatable bonds is 6. The minimum Gasteiger partial charge on any atom is -0.378 e. The Morgan fingerprint density at radius 3 is 2.40 bits per heavy atom. The van der Waals surface area contributed by atoms with E-state index in [0.717, 1.165) is 66.0 Å². The number of ether oxygens (including phenoxy) is 1. The Bertz CT molecular complexity index is 1750. The van der Waals surface area contributed by atoms with Gasteiger partial charge in [-0.1, -0.05) is 45.0 Å². The molecule has 0 spiro atoms. The summed E-state index contributed by atoms with van der Waals surface area (Å²) >= 11 is 0. The van der Waals surface area contributed by atoms with Gasteiger partial charge in [0, 0.05) is 66.9 Å². The molecule has 1 N–H and O–H groups in total. The molecule has 1 amide bonds. The monoisotopic (exact) mass is 574 g/mol. The first-order valence-electron chi connectivity index (χ1n) is 14.7. The van der Waals surface area contributed by atoms with Crippen molar-refractivity contribution in [2.45, 2.75) is 33.1 Å². The van der Waals surface area contributed by atoms with Crippen molar-refractivity contribution >= 4 is 34.4 Å². The van der Waals surface area contributed by atoms with Gasteiger partial charge in [0.05, 0.1) is 18.9 Å². The van der Waals surface area contributed by atoms with E-state index < -0.39 is 0 Å². The van der Waals surface area contributed by atoms with E-state index in [4.69, 9.17) is 9.72 Å². The molecule has 0 radical (unpaired) electrons. The zero-order chi connectivity index (χ0) is 30.1. The summed E-state index contributed by atoms with van der Waals surface area (Å²) in [6.07, 6.45) is 5.70. The Morgan fingerprint density at radius 1 is 0.977 bits per heavy atom. The fourth-order valence-electron chi connectivity index (χ4n) is 5.47. The Balaban J connectivity index is 1.29. The average Bonchev–Trinajstić information content (AvgIpc) is 3.50. The highest BCUT2D eigenvalue weighted by Gasteiger charge is 2.19. The second kappa shape index (κ2) is 11.5. The number of amides is 1. The van der Waals surface area contributed by atoms with Crippen LogP contribution in [-0.4, -0.2) is 53.6 Å². The molecule has 1 fully saturated rings. The van der Waals surface area contributed by atoms with Gasteiger partial charge in [0.25, 0.3) is 5.91 Å². The molecule has 0 bridgehead atoms. The van der Waals surface area contributed by atoms with Crippen molar-refractivity contribution in [3.8, 4) is 11.3 Å². The Hall–Kier alpha value is -4.69. The van der Waals surface area contributed by atoms with Gasteiger partial charge in [0.1, 0.15) is 0 Å². The summed E-state index contributed by atoms with van der Waals surface area (Å²) in [7, 11) is 2.01. The summed E-state index contributed by atoms with van der Waals surface area (Å²) in [5, 5.41) is 3.11. The van der Waals surface area contributed by atoms with Gasteiger partial charge in [-0.3, -0.25) is 4.79 Å². The maximum Gasteiger partial charge on any atom is 0.255 e. The largest absolute Gasteiger partial charge is 0.378 e. The van der Waals surface area contributed by atoms with Crippen molar-refractivity contribution in [2.24, 2.45) is 0 Å². The van der Waals surface area contributed by atoms with Crippen LogP contribution in [-0.2, 0) is 10.2 Å². The molecule has 1 aliphatic rings. The third-order valence-corrected chi connectivity index (χ3v) is 8.16. The number of carbonyl (C=O) groups excluding carboxylic acids is 1. The zero-order valence-corrected chi connectivity index (χ0v) is 25.5. The number of anilines is 4. The molecule has 3 heterocycles. The minimum atomic E-state index is -0.139. The molecule has 1 aliphatic heterocycles. The first kappa shape index (κ1) is 28.4. The van der Waals surface area contributed by atoms with Crippen LogP contribution in [0.15, 0.2) is 85.3 Å². The lowest BCUT2D eigenvalue weighted by molar-refractivity contribution is 0.102.